The highest BCUT2D eigenvalue weighted by atomic mass is 16.6. The van der Waals surface area contributed by atoms with Gasteiger partial charge in [0.15, 0.2) is 0 Å². The maximum absolute atomic E-state index is 11.8. The fraction of sp³-hybridized carbons (Fsp3) is 0.632. The molecular weight excluding hydrogens is 302 g/mol. The summed E-state index contributed by atoms with van der Waals surface area (Å²) in [4.78, 5) is 16.3. The minimum absolute atomic E-state index is 0.154. The first-order chi connectivity index (χ1) is 11.8. The second kappa shape index (κ2) is 8.38. The Morgan fingerprint density at radius 2 is 1.92 bits per heavy atom. The molecule has 24 heavy (non-hydrogen) atoms. The predicted molar refractivity (Wildman–Crippen MR) is 96.3 cm³/mol. The van der Waals surface area contributed by atoms with Crippen molar-refractivity contribution < 1.29 is 9.53 Å². The van der Waals surface area contributed by atoms with Crippen LogP contribution in [0, 0.1) is 0 Å². The van der Waals surface area contributed by atoms with Crippen molar-refractivity contribution in [3.63, 3.8) is 0 Å². The molecule has 1 aromatic rings. The van der Waals surface area contributed by atoms with Gasteiger partial charge in [-0.1, -0.05) is 18.2 Å². The Kier molecular flexibility index (Phi) is 5.96. The molecule has 2 aliphatic heterocycles. The molecule has 132 valence electrons. The monoisotopic (exact) mass is 331 g/mol. The molecule has 3 rings (SSSR count). The number of hydrogen-bond acceptors (Lipinski definition) is 4. The van der Waals surface area contributed by atoms with Crippen molar-refractivity contribution in [2.24, 2.45) is 0 Å². The molecule has 1 atom stereocenters. The van der Waals surface area contributed by atoms with E-state index in [-0.39, 0.29) is 6.09 Å². The van der Waals surface area contributed by atoms with Gasteiger partial charge in [-0.25, -0.2) is 4.79 Å². The largest absolute Gasteiger partial charge is 0.450 e. The molecule has 1 aromatic carbocycles. The maximum atomic E-state index is 11.8. The van der Waals surface area contributed by atoms with Gasteiger partial charge in [0.2, 0.25) is 0 Å². The van der Waals surface area contributed by atoms with E-state index in [4.69, 9.17) is 4.74 Å². The molecule has 5 heteroatoms. The highest BCUT2D eigenvalue weighted by Crippen LogP contribution is 2.23. The van der Waals surface area contributed by atoms with Crippen LogP contribution in [0.3, 0.4) is 0 Å². The summed E-state index contributed by atoms with van der Waals surface area (Å²) >= 11 is 0. The van der Waals surface area contributed by atoms with Crippen LogP contribution in [0.1, 0.15) is 32.6 Å². The smallest absolute Gasteiger partial charge is 0.409 e. The van der Waals surface area contributed by atoms with E-state index < -0.39 is 0 Å². The molecule has 1 N–H and O–H groups in total. The van der Waals surface area contributed by atoms with E-state index in [1.54, 1.807) is 0 Å². The lowest BCUT2D eigenvalue weighted by Crippen LogP contribution is -2.51. The molecule has 0 radical (unpaired) electrons. The van der Waals surface area contributed by atoms with Crippen LogP contribution in [0.4, 0.5) is 10.5 Å². The number of rotatable bonds is 4. The number of nitrogens with one attached hydrogen (secondary N) is 1. The highest BCUT2D eigenvalue weighted by molar-refractivity contribution is 5.67. The van der Waals surface area contributed by atoms with Crippen molar-refractivity contribution in [1.29, 1.82) is 0 Å². The normalized spacial score (nSPS) is 23.0. The van der Waals surface area contributed by atoms with Gasteiger partial charge in [0, 0.05) is 37.4 Å². The van der Waals surface area contributed by atoms with E-state index >= 15 is 0 Å². The molecule has 0 spiro atoms. The SMILES string of the molecule is CCOC(=O)N1CCC(N2CCC[C@H](Nc3ccccc3)C2)CC1. The van der Waals surface area contributed by atoms with Gasteiger partial charge in [-0.05, 0) is 51.3 Å². The first-order valence-electron chi connectivity index (χ1n) is 9.23. The first kappa shape index (κ1) is 17.1. The van der Waals surface area contributed by atoms with E-state index in [1.807, 2.05) is 11.8 Å². The molecule has 5 nitrogen and oxygen atoms in total. The minimum atomic E-state index is -0.154. The molecular formula is C19H29N3O2. The predicted octanol–water partition coefficient (Wildman–Crippen LogP) is 3.18. The Balaban J connectivity index is 1.48. The summed E-state index contributed by atoms with van der Waals surface area (Å²) in [7, 11) is 0. The van der Waals surface area contributed by atoms with Gasteiger partial charge in [0.05, 0.1) is 6.61 Å². The van der Waals surface area contributed by atoms with Crippen molar-refractivity contribution in [3.8, 4) is 0 Å². The molecule has 0 unspecified atom stereocenters. The zero-order valence-electron chi connectivity index (χ0n) is 14.6. The second-order valence-electron chi connectivity index (χ2n) is 6.76. The molecule has 0 aliphatic carbocycles. The Morgan fingerprint density at radius 1 is 1.17 bits per heavy atom. The average molecular weight is 331 g/mol. The lowest BCUT2D eigenvalue weighted by atomic mass is 9.98. The quantitative estimate of drug-likeness (QED) is 0.920. The molecule has 2 heterocycles. The summed E-state index contributed by atoms with van der Waals surface area (Å²) in [6.07, 6.45) is 4.42. The Bertz CT molecular complexity index is 515. The number of nitrogens with zero attached hydrogens (tertiary/aromatic N) is 2. The fourth-order valence-corrected chi connectivity index (χ4v) is 3.85. The Morgan fingerprint density at radius 3 is 2.62 bits per heavy atom. The number of para-hydroxylation sites is 1. The zero-order chi connectivity index (χ0) is 16.8. The van der Waals surface area contributed by atoms with Crippen molar-refractivity contribution in [2.45, 2.75) is 44.7 Å². The topological polar surface area (TPSA) is 44.8 Å². The van der Waals surface area contributed by atoms with Gasteiger partial charge >= 0.3 is 6.09 Å². The third-order valence-electron chi connectivity index (χ3n) is 5.10. The van der Waals surface area contributed by atoms with E-state index in [9.17, 15) is 4.79 Å². The van der Waals surface area contributed by atoms with Crippen LogP contribution in [0.25, 0.3) is 0 Å². The number of carbonyl (C=O) groups excluding carboxylic acids is 1. The number of benzene rings is 1. The Hall–Kier alpha value is -1.75. The van der Waals surface area contributed by atoms with Crippen LogP contribution in [0.2, 0.25) is 0 Å². The van der Waals surface area contributed by atoms with Crippen LogP contribution in [0.15, 0.2) is 30.3 Å². The lowest BCUT2D eigenvalue weighted by molar-refractivity contribution is 0.0667. The van der Waals surface area contributed by atoms with Gasteiger partial charge in [-0.15, -0.1) is 0 Å². The summed E-state index contributed by atoms with van der Waals surface area (Å²) in [6.45, 7) is 6.22. The van der Waals surface area contributed by atoms with Gasteiger partial charge in [-0.2, -0.15) is 0 Å². The number of ether oxygens (including phenoxy) is 1. The first-order valence-corrected chi connectivity index (χ1v) is 9.23. The lowest BCUT2D eigenvalue weighted by Gasteiger charge is -2.42. The number of carbonyl (C=O) groups is 1. The van der Waals surface area contributed by atoms with Gasteiger partial charge < -0.3 is 15.0 Å². The number of anilines is 1. The molecule has 0 saturated carbocycles. The number of amides is 1. The molecule has 0 aromatic heterocycles. The second-order valence-corrected chi connectivity index (χ2v) is 6.76. The van der Waals surface area contributed by atoms with Gasteiger partial charge in [0.1, 0.15) is 0 Å². The number of hydrogen-bond donors (Lipinski definition) is 1. The van der Waals surface area contributed by atoms with E-state index in [0.717, 1.165) is 32.5 Å². The summed E-state index contributed by atoms with van der Waals surface area (Å²) < 4.78 is 5.11. The van der Waals surface area contributed by atoms with Gasteiger partial charge in [0.25, 0.3) is 0 Å². The minimum Gasteiger partial charge on any atom is -0.450 e. The average Bonchev–Trinajstić information content (AvgIpc) is 2.63. The van der Waals surface area contributed by atoms with Crippen molar-refractivity contribution in [3.05, 3.63) is 30.3 Å². The van der Waals surface area contributed by atoms with E-state index in [2.05, 4.69) is 40.5 Å². The standard InChI is InChI=1S/C19H29N3O2/c1-2-24-19(23)21-13-10-18(11-14-21)22-12-6-9-17(15-22)20-16-7-4-3-5-8-16/h3-5,7-8,17-18,20H,2,6,9-15H2,1H3/t17-/m0/s1. The van der Waals surface area contributed by atoms with E-state index in [1.165, 1.54) is 25.1 Å². The van der Waals surface area contributed by atoms with E-state index in [0.29, 0.717) is 18.7 Å². The third-order valence-corrected chi connectivity index (χ3v) is 5.10. The van der Waals surface area contributed by atoms with Gasteiger partial charge in [-0.3, -0.25) is 4.90 Å². The van der Waals surface area contributed by atoms with Crippen molar-refractivity contribution in [2.75, 3.05) is 38.1 Å². The summed E-state index contributed by atoms with van der Waals surface area (Å²) in [6, 6.07) is 11.6. The van der Waals surface area contributed by atoms with Crippen LogP contribution in [-0.4, -0.2) is 60.8 Å². The van der Waals surface area contributed by atoms with Crippen LogP contribution in [0.5, 0.6) is 0 Å². The summed E-state index contributed by atoms with van der Waals surface area (Å²) in [5.41, 5.74) is 1.21. The fourth-order valence-electron chi connectivity index (χ4n) is 3.85. The third kappa shape index (κ3) is 4.41. The van der Waals surface area contributed by atoms with Crippen LogP contribution in [-0.2, 0) is 4.74 Å². The van der Waals surface area contributed by atoms with Crippen molar-refractivity contribution >= 4 is 11.8 Å². The molecule has 2 fully saturated rings. The molecule has 2 aliphatic rings. The zero-order valence-corrected chi connectivity index (χ0v) is 14.6. The Labute approximate surface area is 145 Å². The highest BCUT2D eigenvalue weighted by Gasteiger charge is 2.30. The van der Waals surface area contributed by atoms with Crippen molar-refractivity contribution in [1.82, 2.24) is 9.80 Å². The number of piperidine rings is 2. The number of likely N-dealkylation sites (tertiary alicyclic amines) is 2. The molecule has 0 bridgehead atoms. The summed E-state index contributed by atoms with van der Waals surface area (Å²) in [5, 5.41) is 3.67. The molecule has 1 amide bonds. The van der Waals surface area contributed by atoms with Crippen LogP contribution >= 0.6 is 0 Å². The van der Waals surface area contributed by atoms with Crippen LogP contribution < -0.4 is 5.32 Å². The molecule has 2 saturated heterocycles. The maximum Gasteiger partial charge on any atom is 0.409 e. The summed E-state index contributed by atoms with van der Waals surface area (Å²) in [5.74, 6) is 0.